The summed E-state index contributed by atoms with van der Waals surface area (Å²) >= 11 is 1.81. The molecule has 0 aromatic heterocycles. The van der Waals surface area contributed by atoms with E-state index in [0.29, 0.717) is 12.5 Å². The van der Waals surface area contributed by atoms with E-state index >= 15 is 0 Å². The van der Waals surface area contributed by atoms with Crippen molar-refractivity contribution in [1.82, 2.24) is 4.72 Å². The van der Waals surface area contributed by atoms with Crippen LogP contribution in [0.2, 0.25) is 0 Å². The van der Waals surface area contributed by atoms with Gasteiger partial charge in [-0.05, 0) is 42.0 Å². The zero-order valence-corrected chi connectivity index (χ0v) is 12.3. The Balaban J connectivity index is 2.14. The molecule has 0 amide bonds. The number of nitrogens with one attached hydrogen (secondary N) is 1. The average molecular weight is 316 g/mol. The summed E-state index contributed by atoms with van der Waals surface area (Å²) in [6.07, 6.45) is 1.00. The Kier molecular flexibility index (Phi) is 4.56. The van der Waals surface area contributed by atoms with Gasteiger partial charge in [0.15, 0.2) is 0 Å². The van der Waals surface area contributed by atoms with Crippen molar-refractivity contribution in [3.05, 3.63) is 23.8 Å². The monoisotopic (exact) mass is 316 g/mol. The quantitative estimate of drug-likeness (QED) is 0.699. The van der Waals surface area contributed by atoms with Crippen LogP contribution >= 0.6 is 11.8 Å². The number of anilines is 1. The minimum absolute atomic E-state index is 0.0337. The van der Waals surface area contributed by atoms with Crippen LogP contribution in [0.25, 0.3) is 0 Å². The van der Waals surface area contributed by atoms with Gasteiger partial charge >= 0.3 is 5.97 Å². The Bertz CT molecular complexity index is 610. The second-order valence-corrected chi connectivity index (χ2v) is 7.52. The Morgan fingerprint density at radius 1 is 1.50 bits per heavy atom. The third-order valence-electron chi connectivity index (χ3n) is 3.13. The van der Waals surface area contributed by atoms with Crippen LogP contribution in [-0.2, 0) is 10.0 Å². The highest BCUT2D eigenvalue weighted by Crippen LogP contribution is 2.24. The summed E-state index contributed by atoms with van der Waals surface area (Å²) in [6, 6.07) is 3.62. The number of carbonyl (C=O) groups is 1. The van der Waals surface area contributed by atoms with Gasteiger partial charge in [-0.1, -0.05) is 0 Å². The molecule has 1 fully saturated rings. The van der Waals surface area contributed by atoms with E-state index in [4.69, 9.17) is 10.8 Å². The van der Waals surface area contributed by atoms with Crippen LogP contribution in [0.4, 0.5) is 5.69 Å². The molecule has 0 spiro atoms. The maximum atomic E-state index is 12.1. The van der Waals surface area contributed by atoms with E-state index in [1.165, 1.54) is 12.1 Å². The summed E-state index contributed by atoms with van der Waals surface area (Å²) < 4.78 is 26.8. The number of benzene rings is 1. The molecule has 1 aromatic rings. The number of carboxylic acids is 1. The largest absolute Gasteiger partial charge is 0.478 e. The number of aromatic carboxylic acids is 1. The fourth-order valence-corrected chi connectivity index (χ4v) is 4.49. The Hall–Kier alpha value is -1.25. The van der Waals surface area contributed by atoms with Crippen molar-refractivity contribution in [2.24, 2.45) is 5.92 Å². The standard InChI is InChI=1S/C12H16N2O4S2/c13-10-5-9(12(15)16)1-2-11(10)20(17,18)14-6-8-3-4-19-7-8/h1-2,5,8,14H,3-4,6-7,13H2,(H,15,16). The number of nitrogens with two attached hydrogens (primary N) is 1. The van der Waals surface area contributed by atoms with Crippen LogP contribution in [-0.4, -0.2) is 37.5 Å². The van der Waals surface area contributed by atoms with Crippen molar-refractivity contribution < 1.29 is 18.3 Å². The second kappa shape index (κ2) is 6.02. The molecule has 1 aromatic carbocycles. The van der Waals surface area contributed by atoms with E-state index < -0.39 is 16.0 Å². The molecule has 2 rings (SSSR count). The van der Waals surface area contributed by atoms with E-state index in [0.717, 1.165) is 24.0 Å². The first kappa shape index (κ1) is 15.1. The predicted octanol–water partition coefficient (Wildman–Crippen LogP) is 0.998. The van der Waals surface area contributed by atoms with Gasteiger partial charge in [0.2, 0.25) is 10.0 Å². The van der Waals surface area contributed by atoms with Gasteiger partial charge < -0.3 is 10.8 Å². The maximum absolute atomic E-state index is 12.1. The molecule has 6 nitrogen and oxygen atoms in total. The van der Waals surface area contributed by atoms with Gasteiger partial charge in [0, 0.05) is 6.54 Å². The summed E-state index contributed by atoms with van der Waals surface area (Å²) in [5.74, 6) is 1.21. The van der Waals surface area contributed by atoms with Crippen LogP contribution in [0.15, 0.2) is 23.1 Å². The minimum atomic E-state index is -3.70. The zero-order valence-electron chi connectivity index (χ0n) is 10.7. The number of hydrogen-bond acceptors (Lipinski definition) is 5. The first-order valence-corrected chi connectivity index (χ1v) is 8.74. The normalized spacial score (nSPS) is 19.1. The molecule has 0 radical (unpaired) electrons. The molecule has 1 aliphatic rings. The van der Waals surface area contributed by atoms with Crippen molar-refractivity contribution in [2.45, 2.75) is 11.3 Å². The third-order valence-corrected chi connectivity index (χ3v) is 5.86. The number of rotatable bonds is 5. The van der Waals surface area contributed by atoms with Gasteiger partial charge in [-0.2, -0.15) is 11.8 Å². The summed E-state index contributed by atoms with van der Waals surface area (Å²) in [5, 5.41) is 8.83. The molecule has 1 aliphatic heterocycles. The lowest BCUT2D eigenvalue weighted by Gasteiger charge is -2.12. The van der Waals surface area contributed by atoms with Gasteiger partial charge in [0.25, 0.3) is 0 Å². The number of thioether (sulfide) groups is 1. The molecule has 0 bridgehead atoms. The van der Waals surface area contributed by atoms with Gasteiger partial charge in [0.1, 0.15) is 4.90 Å². The fourth-order valence-electron chi connectivity index (χ4n) is 1.98. The molecule has 1 saturated heterocycles. The molecule has 0 aliphatic carbocycles. The first-order valence-electron chi connectivity index (χ1n) is 6.10. The molecule has 20 heavy (non-hydrogen) atoms. The summed E-state index contributed by atoms with van der Waals surface area (Å²) in [7, 11) is -3.70. The zero-order chi connectivity index (χ0) is 14.8. The molecule has 1 heterocycles. The molecule has 4 N–H and O–H groups in total. The van der Waals surface area contributed by atoms with Gasteiger partial charge in [0.05, 0.1) is 11.3 Å². The van der Waals surface area contributed by atoms with Crippen molar-refractivity contribution in [2.75, 3.05) is 23.8 Å². The predicted molar refractivity (Wildman–Crippen MR) is 78.4 cm³/mol. The van der Waals surface area contributed by atoms with Crippen molar-refractivity contribution in [3.8, 4) is 0 Å². The maximum Gasteiger partial charge on any atom is 0.335 e. The molecular weight excluding hydrogens is 300 g/mol. The highest BCUT2D eigenvalue weighted by Gasteiger charge is 2.22. The average Bonchev–Trinajstić information content (AvgIpc) is 2.89. The Morgan fingerprint density at radius 2 is 2.25 bits per heavy atom. The number of carboxylic acid groups (broad SMARTS) is 1. The van der Waals surface area contributed by atoms with Crippen LogP contribution in [0.3, 0.4) is 0 Å². The molecule has 0 saturated carbocycles. The van der Waals surface area contributed by atoms with E-state index in [1.807, 2.05) is 11.8 Å². The van der Waals surface area contributed by atoms with E-state index in [1.54, 1.807) is 0 Å². The highest BCUT2D eigenvalue weighted by atomic mass is 32.2. The van der Waals surface area contributed by atoms with Crippen molar-refractivity contribution in [3.63, 3.8) is 0 Å². The van der Waals surface area contributed by atoms with Crippen LogP contribution in [0.5, 0.6) is 0 Å². The minimum Gasteiger partial charge on any atom is -0.478 e. The van der Waals surface area contributed by atoms with E-state index in [-0.39, 0.29) is 16.1 Å². The topological polar surface area (TPSA) is 109 Å². The Labute approximate surface area is 121 Å². The molecule has 1 atom stereocenters. The lowest BCUT2D eigenvalue weighted by molar-refractivity contribution is 0.0697. The number of nitrogen functional groups attached to an aromatic ring is 1. The van der Waals surface area contributed by atoms with E-state index in [9.17, 15) is 13.2 Å². The SMILES string of the molecule is Nc1cc(C(=O)O)ccc1S(=O)(=O)NCC1CCSC1. The molecule has 110 valence electrons. The van der Waals surface area contributed by atoms with Crippen molar-refractivity contribution in [1.29, 1.82) is 0 Å². The summed E-state index contributed by atoms with van der Waals surface area (Å²) in [6.45, 7) is 0.384. The van der Waals surface area contributed by atoms with Gasteiger partial charge in [-0.3, -0.25) is 0 Å². The number of hydrogen-bond donors (Lipinski definition) is 3. The molecular formula is C12H16N2O4S2. The molecule has 1 unspecified atom stereocenters. The van der Waals surface area contributed by atoms with Crippen LogP contribution in [0, 0.1) is 5.92 Å². The Morgan fingerprint density at radius 3 is 2.80 bits per heavy atom. The van der Waals surface area contributed by atoms with Gasteiger partial charge in [-0.25, -0.2) is 17.9 Å². The van der Waals surface area contributed by atoms with Gasteiger partial charge in [-0.15, -0.1) is 0 Å². The fraction of sp³-hybridized carbons (Fsp3) is 0.417. The number of sulfonamides is 1. The first-order chi connectivity index (χ1) is 9.40. The van der Waals surface area contributed by atoms with E-state index in [2.05, 4.69) is 4.72 Å². The highest BCUT2D eigenvalue weighted by molar-refractivity contribution is 7.99. The smallest absolute Gasteiger partial charge is 0.335 e. The van der Waals surface area contributed by atoms with Crippen LogP contribution < -0.4 is 10.5 Å². The second-order valence-electron chi connectivity index (χ2n) is 4.64. The third kappa shape index (κ3) is 3.44. The molecule has 8 heteroatoms. The van der Waals surface area contributed by atoms with Crippen LogP contribution in [0.1, 0.15) is 16.8 Å². The van der Waals surface area contributed by atoms with Crippen molar-refractivity contribution >= 4 is 33.4 Å². The summed E-state index contributed by atoms with van der Waals surface area (Å²) in [4.78, 5) is 10.7. The lowest BCUT2D eigenvalue weighted by Crippen LogP contribution is -2.30. The lowest BCUT2D eigenvalue weighted by atomic mass is 10.1. The summed E-state index contributed by atoms with van der Waals surface area (Å²) in [5.41, 5.74) is 5.55.